The van der Waals surface area contributed by atoms with Crippen molar-refractivity contribution in [3.63, 3.8) is 0 Å². The average Bonchev–Trinajstić information content (AvgIpc) is 2.76. The molecular formula is C24H22CaO6S2. The third-order valence-electron chi connectivity index (χ3n) is 5.23. The average molecular weight is 511 g/mol. The van der Waals surface area contributed by atoms with E-state index >= 15 is 0 Å². The van der Waals surface area contributed by atoms with Crippen molar-refractivity contribution in [2.24, 2.45) is 0 Å². The molecule has 0 radical (unpaired) electrons. The van der Waals surface area contributed by atoms with Crippen molar-refractivity contribution in [1.82, 2.24) is 0 Å². The van der Waals surface area contributed by atoms with Crippen LogP contribution in [0.15, 0.2) is 82.6 Å². The van der Waals surface area contributed by atoms with Crippen LogP contribution < -0.4 is 0 Å². The Morgan fingerprint density at radius 2 is 0.970 bits per heavy atom. The van der Waals surface area contributed by atoms with Gasteiger partial charge in [-0.1, -0.05) is 62.4 Å². The minimum Gasteiger partial charge on any atom is -0.744 e. The van der Waals surface area contributed by atoms with Crippen molar-refractivity contribution in [3.8, 4) is 0 Å². The van der Waals surface area contributed by atoms with Crippen LogP contribution >= 0.6 is 0 Å². The first kappa shape index (κ1) is 27.7. The zero-order valence-electron chi connectivity index (χ0n) is 18.3. The molecule has 0 aliphatic carbocycles. The van der Waals surface area contributed by atoms with Gasteiger partial charge >= 0.3 is 37.7 Å². The summed E-state index contributed by atoms with van der Waals surface area (Å²) in [5.41, 5.74) is 2.09. The summed E-state index contributed by atoms with van der Waals surface area (Å²) >= 11 is 0. The molecule has 0 amide bonds. The van der Waals surface area contributed by atoms with Gasteiger partial charge in [0.15, 0.2) is 0 Å². The van der Waals surface area contributed by atoms with Gasteiger partial charge in [-0.05, 0) is 69.8 Å². The molecule has 0 fully saturated rings. The van der Waals surface area contributed by atoms with E-state index in [4.69, 9.17) is 0 Å². The number of fused-ring (bicyclic) bond motifs is 2. The fourth-order valence-corrected chi connectivity index (χ4v) is 4.55. The maximum absolute atomic E-state index is 10.9. The van der Waals surface area contributed by atoms with Gasteiger partial charge in [-0.2, -0.15) is 0 Å². The SMILES string of the molecule is CCc1cccc2ccc(S(=O)(=O)[O-])cc12.CCc1cccc2ccc(S(=O)(=O)[O-])cc12.[Ca+2]. The maximum Gasteiger partial charge on any atom is 2.00 e. The Hall–Kier alpha value is -1.52. The Balaban J connectivity index is 0.000000227. The van der Waals surface area contributed by atoms with Crippen molar-refractivity contribution in [2.45, 2.75) is 36.5 Å². The van der Waals surface area contributed by atoms with Crippen molar-refractivity contribution in [1.29, 1.82) is 0 Å². The van der Waals surface area contributed by atoms with E-state index in [2.05, 4.69) is 0 Å². The second-order valence-electron chi connectivity index (χ2n) is 7.22. The summed E-state index contributed by atoms with van der Waals surface area (Å²) in [7, 11) is -8.74. The van der Waals surface area contributed by atoms with Crippen LogP contribution in [0.3, 0.4) is 0 Å². The molecule has 4 aromatic carbocycles. The molecule has 0 bridgehead atoms. The van der Waals surface area contributed by atoms with Gasteiger partial charge < -0.3 is 9.11 Å². The molecule has 9 heteroatoms. The van der Waals surface area contributed by atoms with Crippen LogP contribution in [0.1, 0.15) is 25.0 Å². The monoisotopic (exact) mass is 510 g/mol. The molecule has 0 aromatic heterocycles. The third kappa shape index (κ3) is 6.76. The van der Waals surface area contributed by atoms with E-state index in [0.29, 0.717) is 0 Å². The number of benzene rings is 4. The normalized spacial score (nSPS) is 11.5. The minimum absolute atomic E-state index is 0. The fraction of sp³-hybridized carbons (Fsp3) is 0.167. The van der Waals surface area contributed by atoms with Gasteiger partial charge in [0.25, 0.3) is 0 Å². The zero-order chi connectivity index (χ0) is 23.5. The number of hydrogen-bond donors (Lipinski definition) is 0. The molecule has 0 saturated carbocycles. The number of rotatable bonds is 4. The summed E-state index contributed by atoms with van der Waals surface area (Å²) in [5.74, 6) is 0. The molecule has 0 N–H and O–H groups in total. The van der Waals surface area contributed by atoms with Crippen LogP contribution in [0.2, 0.25) is 0 Å². The molecule has 33 heavy (non-hydrogen) atoms. The first-order valence-corrected chi connectivity index (χ1v) is 12.8. The Morgan fingerprint density at radius 3 is 1.27 bits per heavy atom. The summed E-state index contributed by atoms with van der Waals surface area (Å²) in [6, 6.07) is 20.5. The molecule has 6 nitrogen and oxygen atoms in total. The summed E-state index contributed by atoms with van der Waals surface area (Å²) < 4.78 is 65.5. The molecule has 0 aliphatic rings. The van der Waals surface area contributed by atoms with Crippen molar-refractivity contribution >= 4 is 79.5 Å². The van der Waals surface area contributed by atoms with Gasteiger partial charge in [0.2, 0.25) is 0 Å². The van der Waals surface area contributed by atoms with Crippen molar-refractivity contribution < 1.29 is 25.9 Å². The van der Waals surface area contributed by atoms with Gasteiger partial charge in [-0.3, -0.25) is 0 Å². The third-order valence-corrected chi connectivity index (χ3v) is 6.89. The van der Waals surface area contributed by atoms with Gasteiger partial charge in [-0.25, -0.2) is 16.8 Å². The summed E-state index contributed by atoms with van der Waals surface area (Å²) in [6.07, 6.45) is 1.61. The van der Waals surface area contributed by atoms with Crippen LogP contribution in [0.25, 0.3) is 21.5 Å². The smallest absolute Gasteiger partial charge is 0.744 e. The Morgan fingerprint density at radius 1 is 0.606 bits per heavy atom. The first-order valence-electron chi connectivity index (χ1n) is 9.99. The topological polar surface area (TPSA) is 114 Å². The molecule has 4 rings (SSSR count). The van der Waals surface area contributed by atoms with E-state index in [1.54, 1.807) is 12.1 Å². The van der Waals surface area contributed by atoms with E-state index in [1.165, 1.54) is 24.3 Å². The van der Waals surface area contributed by atoms with Gasteiger partial charge in [0, 0.05) is 0 Å². The van der Waals surface area contributed by atoms with Crippen molar-refractivity contribution in [3.05, 3.63) is 83.9 Å². The van der Waals surface area contributed by atoms with E-state index in [1.807, 2.05) is 50.2 Å². The number of hydrogen-bond acceptors (Lipinski definition) is 6. The molecule has 0 atom stereocenters. The van der Waals surface area contributed by atoms with Gasteiger partial charge in [0.1, 0.15) is 20.2 Å². The zero-order valence-corrected chi connectivity index (χ0v) is 22.2. The van der Waals surface area contributed by atoms with E-state index in [0.717, 1.165) is 45.5 Å². The standard InChI is InChI=1S/2C12H12O3S.Ca/c2*1-2-9-4-3-5-10-6-7-11(8-12(9)10)16(13,14)15;/h2*3-8H,2H2,1H3,(H,13,14,15);/q;;+2/p-2. The molecule has 0 spiro atoms. The summed E-state index contributed by atoms with van der Waals surface area (Å²) in [6.45, 7) is 3.99. The maximum atomic E-state index is 10.9. The number of aryl methyl sites for hydroxylation is 2. The molecule has 168 valence electrons. The Kier molecular flexibility index (Phi) is 9.47. The Labute approximate surface area is 224 Å². The minimum atomic E-state index is -4.37. The van der Waals surface area contributed by atoms with Crippen LogP contribution in [0, 0.1) is 0 Å². The van der Waals surface area contributed by atoms with Crippen LogP contribution in [0.4, 0.5) is 0 Å². The summed E-state index contributed by atoms with van der Waals surface area (Å²) in [5, 5.41) is 3.57. The predicted octanol–water partition coefficient (Wildman–Crippen LogP) is 4.23. The van der Waals surface area contributed by atoms with Crippen LogP contribution in [-0.4, -0.2) is 63.7 Å². The molecule has 0 heterocycles. The molecule has 0 aliphatic heterocycles. The molecule has 4 aromatic rings. The van der Waals surface area contributed by atoms with Crippen LogP contribution in [0.5, 0.6) is 0 Å². The quantitative estimate of drug-likeness (QED) is 0.300. The summed E-state index contributed by atoms with van der Waals surface area (Å²) in [4.78, 5) is -0.332. The Bertz CT molecular complexity index is 1380. The van der Waals surface area contributed by atoms with Gasteiger partial charge in [-0.15, -0.1) is 0 Å². The van der Waals surface area contributed by atoms with Crippen molar-refractivity contribution in [2.75, 3.05) is 0 Å². The second-order valence-corrected chi connectivity index (χ2v) is 9.97. The van der Waals surface area contributed by atoms with E-state index in [9.17, 15) is 25.9 Å². The van der Waals surface area contributed by atoms with Crippen LogP contribution in [-0.2, 0) is 33.1 Å². The second kappa shape index (κ2) is 11.3. The predicted molar refractivity (Wildman–Crippen MR) is 128 cm³/mol. The van der Waals surface area contributed by atoms with Gasteiger partial charge in [0.05, 0.1) is 9.79 Å². The van der Waals surface area contributed by atoms with E-state index < -0.39 is 20.2 Å². The largest absolute Gasteiger partial charge is 2.00 e. The molecule has 0 unspecified atom stereocenters. The molecule has 0 saturated heterocycles. The van der Waals surface area contributed by atoms with E-state index in [-0.39, 0.29) is 47.5 Å². The first-order chi connectivity index (χ1) is 15.0. The molecular weight excluding hydrogens is 488 g/mol. The fourth-order valence-electron chi connectivity index (χ4n) is 3.56.